The third kappa shape index (κ3) is 4.09. The Morgan fingerprint density at radius 3 is 2.78 bits per heavy atom. The maximum Gasteiger partial charge on any atom is 0.181 e. The molecular formula is C18H22N8O. The molecule has 0 atom stereocenters. The zero-order valence-electron chi connectivity index (χ0n) is 15.1. The van der Waals surface area contributed by atoms with Crippen molar-refractivity contribution in [2.24, 2.45) is 5.73 Å². The van der Waals surface area contributed by atoms with Crippen molar-refractivity contribution in [3.8, 4) is 11.4 Å². The van der Waals surface area contributed by atoms with Gasteiger partial charge in [-0.05, 0) is 25.0 Å². The van der Waals surface area contributed by atoms with E-state index in [-0.39, 0.29) is 6.04 Å². The molecule has 4 N–H and O–H groups in total. The standard InChI is InChI=1S/C18H22N8O/c1-27-10-17-22-14(12-6-13(19)7-12)8-15(23-17)21-9-16-24-18(26-25-16)11-2-4-20-5-3-11/h2-5,8,12-13H,6-7,9-10,19H2,1H3,(H,21,22,23)(H,24,25,26). The number of hydrogen-bond acceptors (Lipinski definition) is 8. The van der Waals surface area contributed by atoms with Crippen LogP contribution in [0.5, 0.6) is 0 Å². The summed E-state index contributed by atoms with van der Waals surface area (Å²) in [6, 6.07) is 6.00. The van der Waals surface area contributed by atoms with Crippen LogP contribution in [0.15, 0.2) is 30.6 Å². The van der Waals surface area contributed by atoms with E-state index in [1.54, 1.807) is 19.5 Å². The van der Waals surface area contributed by atoms with E-state index in [4.69, 9.17) is 10.5 Å². The molecule has 3 heterocycles. The van der Waals surface area contributed by atoms with Gasteiger partial charge in [-0.3, -0.25) is 10.1 Å². The molecule has 4 rings (SSSR count). The van der Waals surface area contributed by atoms with Gasteiger partial charge in [0.2, 0.25) is 0 Å². The van der Waals surface area contributed by atoms with E-state index in [2.05, 4.69) is 35.5 Å². The SMILES string of the molecule is COCc1nc(NCc2nc(-c3ccncc3)n[nH]2)cc(C2CC(N)C2)n1. The second kappa shape index (κ2) is 7.77. The Morgan fingerprint density at radius 2 is 2.04 bits per heavy atom. The van der Waals surface area contributed by atoms with Crippen LogP contribution < -0.4 is 11.1 Å². The van der Waals surface area contributed by atoms with Gasteiger partial charge < -0.3 is 15.8 Å². The summed E-state index contributed by atoms with van der Waals surface area (Å²) >= 11 is 0. The number of nitrogens with one attached hydrogen (secondary N) is 2. The summed E-state index contributed by atoms with van der Waals surface area (Å²) in [4.78, 5) is 17.6. The van der Waals surface area contributed by atoms with Crippen LogP contribution in [0.1, 0.15) is 36.1 Å². The van der Waals surface area contributed by atoms with Crippen LogP contribution in [-0.2, 0) is 17.9 Å². The average molecular weight is 366 g/mol. The maximum absolute atomic E-state index is 5.92. The van der Waals surface area contributed by atoms with Gasteiger partial charge in [-0.15, -0.1) is 0 Å². The monoisotopic (exact) mass is 366 g/mol. The lowest BCUT2D eigenvalue weighted by Crippen LogP contribution is -2.35. The molecule has 9 heteroatoms. The van der Waals surface area contributed by atoms with E-state index in [0.717, 1.165) is 35.7 Å². The van der Waals surface area contributed by atoms with Crippen LogP contribution in [0, 0.1) is 0 Å². The fraction of sp³-hybridized carbons (Fsp3) is 0.389. The highest BCUT2D eigenvalue weighted by molar-refractivity contribution is 5.53. The molecule has 1 aliphatic carbocycles. The molecule has 1 saturated carbocycles. The molecule has 0 aliphatic heterocycles. The topological polar surface area (TPSA) is 128 Å². The van der Waals surface area contributed by atoms with Crippen LogP contribution in [0.4, 0.5) is 5.82 Å². The van der Waals surface area contributed by atoms with E-state index in [1.165, 1.54) is 0 Å². The smallest absolute Gasteiger partial charge is 0.181 e. The number of ether oxygens (including phenoxy) is 1. The Hall–Kier alpha value is -2.91. The zero-order valence-corrected chi connectivity index (χ0v) is 15.1. The van der Waals surface area contributed by atoms with Crippen LogP contribution in [0.25, 0.3) is 11.4 Å². The number of hydrogen-bond donors (Lipinski definition) is 3. The van der Waals surface area contributed by atoms with Crippen molar-refractivity contribution in [1.82, 2.24) is 30.1 Å². The van der Waals surface area contributed by atoms with E-state index >= 15 is 0 Å². The third-order valence-electron chi connectivity index (χ3n) is 4.57. The first-order chi connectivity index (χ1) is 13.2. The van der Waals surface area contributed by atoms with Gasteiger partial charge in [-0.2, -0.15) is 5.10 Å². The molecule has 0 bridgehead atoms. The van der Waals surface area contributed by atoms with Gasteiger partial charge in [0.1, 0.15) is 18.2 Å². The van der Waals surface area contributed by atoms with Gasteiger partial charge in [-0.1, -0.05) is 0 Å². The van der Waals surface area contributed by atoms with E-state index in [1.807, 2.05) is 18.2 Å². The second-order valence-electron chi connectivity index (χ2n) is 6.65. The van der Waals surface area contributed by atoms with Gasteiger partial charge in [-0.25, -0.2) is 15.0 Å². The first-order valence-electron chi connectivity index (χ1n) is 8.89. The summed E-state index contributed by atoms with van der Waals surface area (Å²) < 4.78 is 5.19. The molecular weight excluding hydrogens is 344 g/mol. The van der Waals surface area contributed by atoms with Crippen molar-refractivity contribution in [3.05, 3.63) is 47.9 Å². The number of aromatic amines is 1. The molecule has 0 saturated heterocycles. The fourth-order valence-electron chi connectivity index (χ4n) is 3.09. The molecule has 0 unspecified atom stereocenters. The Kier molecular flexibility index (Phi) is 5.03. The molecule has 140 valence electrons. The summed E-state index contributed by atoms with van der Waals surface area (Å²) in [5.41, 5.74) is 7.85. The average Bonchev–Trinajstić information content (AvgIpc) is 3.14. The van der Waals surface area contributed by atoms with Crippen molar-refractivity contribution < 1.29 is 4.74 Å². The minimum absolute atomic E-state index is 0.271. The maximum atomic E-state index is 5.92. The summed E-state index contributed by atoms with van der Waals surface area (Å²) in [5, 5.41) is 10.5. The Labute approximate surface area is 156 Å². The van der Waals surface area contributed by atoms with E-state index in [0.29, 0.717) is 30.7 Å². The molecule has 0 radical (unpaired) electrons. The van der Waals surface area contributed by atoms with Gasteiger partial charge in [0, 0.05) is 48.8 Å². The predicted molar refractivity (Wildman–Crippen MR) is 99.6 cm³/mol. The van der Waals surface area contributed by atoms with Crippen LogP contribution >= 0.6 is 0 Å². The van der Waals surface area contributed by atoms with Crippen molar-refractivity contribution >= 4 is 5.82 Å². The first kappa shape index (κ1) is 17.5. The molecule has 9 nitrogen and oxygen atoms in total. The summed E-state index contributed by atoms with van der Waals surface area (Å²) in [7, 11) is 1.64. The molecule has 1 aliphatic rings. The number of anilines is 1. The van der Waals surface area contributed by atoms with Crippen LogP contribution in [0.3, 0.4) is 0 Å². The zero-order chi connectivity index (χ0) is 18.6. The number of methoxy groups -OCH3 is 1. The highest BCUT2D eigenvalue weighted by Gasteiger charge is 2.29. The van der Waals surface area contributed by atoms with Gasteiger partial charge in [0.05, 0.1) is 6.54 Å². The Morgan fingerprint density at radius 1 is 1.22 bits per heavy atom. The number of pyridine rings is 1. The number of nitrogens with zero attached hydrogens (tertiary/aromatic N) is 5. The number of H-pyrrole nitrogens is 1. The highest BCUT2D eigenvalue weighted by Crippen LogP contribution is 2.35. The van der Waals surface area contributed by atoms with Crippen molar-refractivity contribution in [2.75, 3.05) is 12.4 Å². The normalized spacial score (nSPS) is 18.9. The Balaban J connectivity index is 1.46. The largest absolute Gasteiger partial charge is 0.377 e. The molecule has 0 spiro atoms. The first-order valence-corrected chi connectivity index (χ1v) is 8.89. The number of nitrogens with two attached hydrogens (primary N) is 1. The van der Waals surface area contributed by atoms with E-state index < -0.39 is 0 Å². The molecule has 27 heavy (non-hydrogen) atoms. The summed E-state index contributed by atoms with van der Waals surface area (Å²) in [6.07, 6.45) is 5.35. The molecule has 0 aromatic carbocycles. The lowest BCUT2D eigenvalue weighted by atomic mass is 9.78. The minimum atomic E-state index is 0.271. The van der Waals surface area contributed by atoms with Crippen molar-refractivity contribution in [2.45, 2.75) is 38.0 Å². The number of rotatable bonds is 7. The summed E-state index contributed by atoms with van der Waals surface area (Å²) in [6.45, 7) is 0.848. The highest BCUT2D eigenvalue weighted by atomic mass is 16.5. The lowest BCUT2D eigenvalue weighted by molar-refractivity contribution is 0.177. The minimum Gasteiger partial charge on any atom is -0.377 e. The predicted octanol–water partition coefficient (Wildman–Crippen LogP) is 1.62. The lowest BCUT2D eigenvalue weighted by Gasteiger charge is -2.32. The van der Waals surface area contributed by atoms with Gasteiger partial charge >= 0.3 is 0 Å². The van der Waals surface area contributed by atoms with Crippen molar-refractivity contribution in [1.29, 1.82) is 0 Å². The molecule has 3 aromatic rings. The molecule has 3 aromatic heterocycles. The van der Waals surface area contributed by atoms with E-state index in [9.17, 15) is 0 Å². The summed E-state index contributed by atoms with van der Waals surface area (Å²) in [5.74, 6) is 3.16. The fourth-order valence-corrected chi connectivity index (χ4v) is 3.09. The van der Waals surface area contributed by atoms with Crippen LogP contribution in [-0.4, -0.2) is 43.3 Å². The van der Waals surface area contributed by atoms with Gasteiger partial charge in [0.25, 0.3) is 0 Å². The molecule has 0 amide bonds. The number of aromatic nitrogens is 6. The van der Waals surface area contributed by atoms with Crippen LogP contribution in [0.2, 0.25) is 0 Å². The third-order valence-corrected chi connectivity index (χ3v) is 4.57. The second-order valence-corrected chi connectivity index (χ2v) is 6.65. The quantitative estimate of drug-likeness (QED) is 0.575. The molecule has 1 fully saturated rings. The van der Waals surface area contributed by atoms with Crippen molar-refractivity contribution in [3.63, 3.8) is 0 Å². The Bertz CT molecular complexity index is 891. The van der Waals surface area contributed by atoms with Gasteiger partial charge in [0.15, 0.2) is 11.6 Å².